The van der Waals surface area contributed by atoms with Crippen molar-refractivity contribution in [3.63, 3.8) is 0 Å². The Morgan fingerprint density at radius 1 is 0.938 bits per heavy atom. The van der Waals surface area contributed by atoms with Crippen LogP contribution < -0.4 is 4.74 Å². The van der Waals surface area contributed by atoms with E-state index in [1.54, 1.807) is 0 Å². The summed E-state index contributed by atoms with van der Waals surface area (Å²) in [5.74, 6) is 0.930. The summed E-state index contributed by atoms with van der Waals surface area (Å²) in [6.45, 7) is 4.84. The minimum Gasteiger partial charge on any atom is -0.494 e. The van der Waals surface area contributed by atoms with Crippen molar-refractivity contribution in [1.82, 2.24) is 0 Å². The van der Waals surface area contributed by atoms with Crippen LogP contribution in [-0.4, -0.2) is 6.61 Å². The van der Waals surface area contributed by atoms with E-state index in [9.17, 15) is 0 Å². The molecule has 2 rings (SSSR count). The van der Waals surface area contributed by atoms with Crippen LogP contribution in [0, 0.1) is 6.92 Å². The van der Waals surface area contributed by atoms with Crippen LogP contribution in [0.15, 0.2) is 48.5 Å². The molecule has 0 unspecified atom stereocenters. The van der Waals surface area contributed by atoms with E-state index in [0.717, 1.165) is 5.75 Å². The normalized spacial score (nSPS) is 10.1. The Labute approximate surface area is 96.7 Å². The molecule has 1 heteroatoms. The Morgan fingerprint density at radius 3 is 2.25 bits per heavy atom. The molecule has 1 nitrogen and oxygen atoms in total. The molecule has 0 heterocycles. The molecule has 16 heavy (non-hydrogen) atoms. The zero-order valence-corrected chi connectivity index (χ0v) is 9.73. The van der Waals surface area contributed by atoms with Gasteiger partial charge in [-0.05, 0) is 42.7 Å². The second-order valence-corrected chi connectivity index (χ2v) is 3.77. The average molecular weight is 212 g/mol. The van der Waals surface area contributed by atoms with Crippen LogP contribution in [0.4, 0.5) is 0 Å². The van der Waals surface area contributed by atoms with Gasteiger partial charge in [-0.2, -0.15) is 0 Å². The fraction of sp³-hybridized carbons (Fsp3) is 0.200. The molecule has 0 bridgehead atoms. The maximum Gasteiger partial charge on any atom is 0.119 e. The molecule has 0 spiro atoms. The summed E-state index contributed by atoms with van der Waals surface area (Å²) in [7, 11) is 0. The maximum atomic E-state index is 5.43. The highest BCUT2D eigenvalue weighted by Crippen LogP contribution is 2.25. The lowest BCUT2D eigenvalue weighted by Crippen LogP contribution is -1.90. The van der Waals surface area contributed by atoms with Crippen molar-refractivity contribution in [2.24, 2.45) is 0 Å². The minimum atomic E-state index is 0.712. The second kappa shape index (κ2) is 4.84. The summed E-state index contributed by atoms with van der Waals surface area (Å²) >= 11 is 0. The lowest BCUT2D eigenvalue weighted by atomic mass is 10.0. The Morgan fingerprint density at radius 2 is 1.62 bits per heavy atom. The van der Waals surface area contributed by atoms with E-state index < -0.39 is 0 Å². The molecule has 0 aliphatic rings. The number of aryl methyl sites for hydroxylation is 1. The summed E-state index contributed by atoms with van der Waals surface area (Å²) in [5.41, 5.74) is 3.82. The molecule has 2 aromatic rings. The smallest absolute Gasteiger partial charge is 0.119 e. The molecule has 0 aliphatic carbocycles. The Hall–Kier alpha value is -1.76. The molecule has 0 radical (unpaired) electrons. The van der Waals surface area contributed by atoms with Crippen LogP contribution in [0.5, 0.6) is 5.75 Å². The zero-order chi connectivity index (χ0) is 11.4. The van der Waals surface area contributed by atoms with Gasteiger partial charge in [-0.3, -0.25) is 0 Å². The van der Waals surface area contributed by atoms with Gasteiger partial charge in [-0.1, -0.05) is 36.4 Å². The van der Waals surface area contributed by atoms with E-state index in [2.05, 4.69) is 43.3 Å². The van der Waals surface area contributed by atoms with Crippen LogP contribution in [0.25, 0.3) is 11.1 Å². The van der Waals surface area contributed by atoms with Crippen LogP contribution in [0.1, 0.15) is 12.5 Å². The molecular weight excluding hydrogens is 196 g/mol. The number of hydrogen-bond donors (Lipinski definition) is 0. The van der Waals surface area contributed by atoms with Crippen molar-refractivity contribution in [3.8, 4) is 16.9 Å². The molecule has 0 aliphatic heterocycles. The van der Waals surface area contributed by atoms with Gasteiger partial charge in [0.05, 0.1) is 6.61 Å². The quantitative estimate of drug-likeness (QED) is 0.745. The Balaban J connectivity index is 2.31. The number of rotatable bonds is 3. The maximum absolute atomic E-state index is 5.43. The largest absolute Gasteiger partial charge is 0.494 e. The lowest BCUT2D eigenvalue weighted by Gasteiger charge is -2.07. The van der Waals surface area contributed by atoms with E-state index in [1.165, 1.54) is 16.7 Å². The number of benzene rings is 2. The second-order valence-electron chi connectivity index (χ2n) is 3.77. The molecule has 0 N–H and O–H groups in total. The molecular formula is C15H16O. The highest BCUT2D eigenvalue weighted by atomic mass is 16.5. The molecule has 2 aromatic carbocycles. The van der Waals surface area contributed by atoms with Gasteiger partial charge in [-0.15, -0.1) is 0 Å². The first-order valence-electron chi connectivity index (χ1n) is 5.60. The Kier molecular flexibility index (Phi) is 3.25. The van der Waals surface area contributed by atoms with Crippen LogP contribution in [0.2, 0.25) is 0 Å². The highest BCUT2D eigenvalue weighted by Gasteiger charge is 2.00. The third-order valence-electron chi connectivity index (χ3n) is 2.62. The van der Waals surface area contributed by atoms with Crippen molar-refractivity contribution in [3.05, 3.63) is 54.1 Å². The van der Waals surface area contributed by atoms with E-state index in [0.29, 0.717) is 6.61 Å². The first kappa shape index (κ1) is 10.7. The minimum absolute atomic E-state index is 0.712. The third kappa shape index (κ3) is 2.25. The summed E-state index contributed by atoms with van der Waals surface area (Å²) in [4.78, 5) is 0. The van der Waals surface area contributed by atoms with Gasteiger partial charge in [0.15, 0.2) is 0 Å². The standard InChI is InChI=1S/C15H16O/c1-3-16-14-10-8-13(9-11-14)15-7-5-4-6-12(15)2/h4-11H,3H2,1-2H3. The fourth-order valence-corrected chi connectivity index (χ4v) is 1.79. The van der Waals surface area contributed by atoms with Crippen LogP contribution >= 0.6 is 0 Å². The molecule has 0 saturated carbocycles. The Bertz CT molecular complexity index is 457. The molecule has 0 aromatic heterocycles. The molecule has 82 valence electrons. The summed E-state index contributed by atoms with van der Waals surface area (Å²) < 4.78 is 5.43. The van der Waals surface area contributed by atoms with E-state index >= 15 is 0 Å². The van der Waals surface area contributed by atoms with Crippen molar-refractivity contribution in [2.45, 2.75) is 13.8 Å². The van der Waals surface area contributed by atoms with E-state index in [1.807, 2.05) is 19.1 Å². The molecule has 0 atom stereocenters. The van der Waals surface area contributed by atoms with Crippen LogP contribution in [0.3, 0.4) is 0 Å². The topological polar surface area (TPSA) is 9.23 Å². The van der Waals surface area contributed by atoms with Gasteiger partial charge in [0.1, 0.15) is 5.75 Å². The third-order valence-corrected chi connectivity index (χ3v) is 2.62. The first-order valence-corrected chi connectivity index (χ1v) is 5.60. The van der Waals surface area contributed by atoms with Gasteiger partial charge in [-0.25, -0.2) is 0 Å². The van der Waals surface area contributed by atoms with Gasteiger partial charge in [0, 0.05) is 0 Å². The van der Waals surface area contributed by atoms with Gasteiger partial charge in [0.25, 0.3) is 0 Å². The number of ether oxygens (including phenoxy) is 1. The first-order chi connectivity index (χ1) is 7.81. The van der Waals surface area contributed by atoms with Gasteiger partial charge >= 0.3 is 0 Å². The van der Waals surface area contributed by atoms with Crippen molar-refractivity contribution < 1.29 is 4.74 Å². The molecule has 0 fully saturated rings. The molecule has 0 amide bonds. The summed E-state index contributed by atoms with van der Waals surface area (Å²) in [5, 5.41) is 0. The highest BCUT2D eigenvalue weighted by molar-refractivity contribution is 5.67. The predicted molar refractivity (Wildman–Crippen MR) is 67.8 cm³/mol. The monoisotopic (exact) mass is 212 g/mol. The van der Waals surface area contributed by atoms with Crippen LogP contribution in [-0.2, 0) is 0 Å². The SMILES string of the molecule is CCOc1ccc(-c2ccccc2C)cc1. The summed E-state index contributed by atoms with van der Waals surface area (Å²) in [6.07, 6.45) is 0. The van der Waals surface area contributed by atoms with Crippen molar-refractivity contribution >= 4 is 0 Å². The fourth-order valence-electron chi connectivity index (χ4n) is 1.79. The van der Waals surface area contributed by atoms with E-state index in [4.69, 9.17) is 4.74 Å². The van der Waals surface area contributed by atoms with Gasteiger partial charge < -0.3 is 4.74 Å². The van der Waals surface area contributed by atoms with Crippen molar-refractivity contribution in [2.75, 3.05) is 6.61 Å². The summed E-state index contributed by atoms with van der Waals surface area (Å²) in [6, 6.07) is 16.7. The molecule has 0 saturated heterocycles. The average Bonchev–Trinajstić information content (AvgIpc) is 2.31. The van der Waals surface area contributed by atoms with E-state index in [-0.39, 0.29) is 0 Å². The van der Waals surface area contributed by atoms with Gasteiger partial charge in [0.2, 0.25) is 0 Å². The predicted octanol–water partition coefficient (Wildman–Crippen LogP) is 4.06. The number of hydrogen-bond acceptors (Lipinski definition) is 1. The van der Waals surface area contributed by atoms with Crippen molar-refractivity contribution in [1.29, 1.82) is 0 Å². The zero-order valence-electron chi connectivity index (χ0n) is 9.73. The lowest BCUT2D eigenvalue weighted by molar-refractivity contribution is 0.340.